The van der Waals surface area contributed by atoms with E-state index < -0.39 is 6.10 Å². The molecule has 3 N–H and O–H groups in total. The molecular weight excluding hydrogens is 268 g/mol. The Bertz CT molecular complexity index is 428. The molecule has 1 heterocycles. The Morgan fingerprint density at radius 1 is 1.47 bits per heavy atom. The van der Waals surface area contributed by atoms with Crippen molar-refractivity contribution in [2.45, 2.75) is 13.0 Å². The van der Waals surface area contributed by atoms with Crippen molar-refractivity contribution in [2.75, 3.05) is 19.7 Å². The van der Waals surface area contributed by atoms with Crippen molar-refractivity contribution < 1.29 is 14.3 Å². The number of para-hydroxylation sites is 2. The molecule has 0 saturated heterocycles. The summed E-state index contributed by atoms with van der Waals surface area (Å²) in [7, 11) is 0. The number of benzene rings is 1. The minimum Gasteiger partial charge on any atom is -0.485 e. The summed E-state index contributed by atoms with van der Waals surface area (Å²) in [4.78, 5) is 11.9. The quantitative estimate of drug-likeness (QED) is 0.865. The molecule has 1 aliphatic rings. The number of carbonyl (C=O) groups is 1. The molecule has 0 spiro atoms. The average Bonchev–Trinajstić information content (AvgIpc) is 2.43. The first-order chi connectivity index (χ1) is 8.70. The summed E-state index contributed by atoms with van der Waals surface area (Å²) >= 11 is 0. The maximum atomic E-state index is 11.9. The molecule has 5 nitrogen and oxygen atoms in total. The molecule has 19 heavy (non-hydrogen) atoms. The number of rotatable bonds is 4. The van der Waals surface area contributed by atoms with Gasteiger partial charge in [-0.05, 0) is 24.6 Å². The van der Waals surface area contributed by atoms with Crippen LogP contribution in [0, 0.1) is 5.92 Å². The van der Waals surface area contributed by atoms with Crippen molar-refractivity contribution in [3.63, 3.8) is 0 Å². The number of halogens is 1. The first-order valence-electron chi connectivity index (χ1n) is 6.07. The van der Waals surface area contributed by atoms with Gasteiger partial charge in [0.2, 0.25) is 6.10 Å². The second-order valence-electron chi connectivity index (χ2n) is 4.45. The fourth-order valence-electron chi connectivity index (χ4n) is 1.62. The zero-order valence-electron chi connectivity index (χ0n) is 10.8. The molecule has 0 fully saturated rings. The molecule has 0 saturated carbocycles. The van der Waals surface area contributed by atoms with Crippen LogP contribution in [0.2, 0.25) is 0 Å². The predicted molar refractivity (Wildman–Crippen MR) is 74.8 cm³/mol. The fraction of sp³-hybridized carbons (Fsp3) is 0.462. The van der Waals surface area contributed by atoms with Crippen LogP contribution in [0.5, 0.6) is 11.5 Å². The predicted octanol–water partition coefficient (Wildman–Crippen LogP) is 0.959. The van der Waals surface area contributed by atoms with E-state index in [0.717, 1.165) is 0 Å². The molecule has 1 amide bonds. The number of ether oxygens (including phenoxy) is 2. The molecule has 0 aromatic heterocycles. The highest BCUT2D eigenvalue weighted by atomic mass is 35.5. The highest BCUT2D eigenvalue weighted by molar-refractivity contribution is 5.85. The lowest BCUT2D eigenvalue weighted by Crippen LogP contribution is -2.45. The first-order valence-corrected chi connectivity index (χ1v) is 6.07. The molecule has 1 aliphatic heterocycles. The highest BCUT2D eigenvalue weighted by Gasteiger charge is 2.27. The topological polar surface area (TPSA) is 73.6 Å². The van der Waals surface area contributed by atoms with E-state index in [-0.39, 0.29) is 30.8 Å². The Labute approximate surface area is 118 Å². The zero-order valence-corrected chi connectivity index (χ0v) is 11.6. The van der Waals surface area contributed by atoms with Crippen LogP contribution < -0.4 is 20.5 Å². The van der Waals surface area contributed by atoms with Gasteiger partial charge >= 0.3 is 0 Å². The molecule has 1 aromatic carbocycles. The smallest absolute Gasteiger partial charge is 0.264 e. The molecule has 1 aromatic rings. The van der Waals surface area contributed by atoms with Gasteiger partial charge in [0.25, 0.3) is 5.91 Å². The van der Waals surface area contributed by atoms with Gasteiger partial charge in [0.05, 0.1) is 0 Å². The van der Waals surface area contributed by atoms with Gasteiger partial charge in [-0.1, -0.05) is 19.1 Å². The fourth-order valence-corrected chi connectivity index (χ4v) is 1.62. The monoisotopic (exact) mass is 286 g/mol. The molecule has 106 valence electrons. The third kappa shape index (κ3) is 4.01. The number of amides is 1. The summed E-state index contributed by atoms with van der Waals surface area (Å²) in [6.07, 6.45) is -0.593. The lowest BCUT2D eigenvalue weighted by molar-refractivity contribution is -0.130. The van der Waals surface area contributed by atoms with Gasteiger partial charge in [-0.2, -0.15) is 0 Å². The summed E-state index contributed by atoms with van der Waals surface area (Å²) in [6.45, 7) is 3.32. The highest BCUT2D eigenvalue weighted by Crippen LogP contribution is 2.30. The van der Waals surface area contributed by atoms with Crippen LogP contribution in [0.15, 0.2) is 24.3 Å². The van der Waals surface area contributed by atoms with Crippen molar-refractivity contribution in [1.82, 2.24) is 5.32 Å². The van der Waals surface area contributed by atoms with Gasteiger partial charge in [0.15, 0.2) is 11.5 Å². The molecule has 2 unspecified atom stereocenters. The van der Waals surface area contributed by atoms with Crippen LogP contribution in [0.1, 0.15) is 6.92 Å². The Kier molecular flexibility index (Phi) is 5.92. The number of carbonyl (C=O) groups excluding carboxylic acids is 1. The van der Waals surface area contributed by atoms with E-state index >= 15 is 0 Å². The van der Waals surface area contributed by atoms with E-state index in [1.807, 2.05) is 25.1 Å². The summed E-state index contributed by atoms with van der Waals surface area (Å²) in [5, 5.41) is 2.81. The van der Waals surface area contributed by atoms with Crippen LogP contribution in [-0.4, -0.2) is 31.7 Å². The minimum absolute atomic E-state index is 0. The molecule has 6 heteroatoms. The lowest BCUT2D eigenvalue weighted by atomic mass is 10.2. The van der Waals surface area contributed by atoms with Gasteiger partial charge in [-0.15, -0.1) is 12.4 Å². The second kappa shape index (κ2) is 7.21. The molecule has 0 bridgehead atoms. The molecule has 0 aliphatic carbocycles. The Balaban J connectivity index is 0.00000180. The minimum atomic E-state index is -0.593. The summed E-state index contributed by atoms with van der Waals surface area (Å²) in [5.74, 6) is 1.38. The van der Waals surface area contributed by atoms with E-state index in [1.54, 1.807) is 6.07 Å². The van der Waals surface area contributed by atoms with E-state index in [1.165, 1.54) is 0 Å². The number of nitrogens with two attached hydrogens (primary N) is 1. The summed E-state index contributed by atoms with van der Waals surface area (Å²) < 4.78 is 11.1. The van der Waals surface area contributed by atoms with Crippen molar-refractivity contribution in [2.24, 2.45) is 11.7 Å². The third-order valence-corrected chi connectivity index (χ3v) is 2.83. The van der Waals surface area contributed by atoms with Gasteiger partial charge in [0.1, 0.15) is 6.61 Å². The molecule has 2 atom stereocenters. The van der Waals surface area contributed by atoms with Gasteiger partial charge in [-0.3, -0.25) is 4.79 Å². The maximum absolute atomic E-state index is 11.9. The standard InChI is InChI=1S/C13H18N2O3.ClH/c1-9(6-14)7-15-13(16)12-8-17-10-4-2-3-5-11(10)18-12;/h2-5,9,12H,6-8,14H2,1H3,(H,15,16);1H. The van der Waals surface area contributed by atoms with Crippen molar-refractivity contribution in [3.05, 3.63) is 24.3 Å². The van der Waals surface area contributed by atoms with E-state index in [4.69, 9.17) is 15.2 Å². The SMILES string of the molecule is CC(CN)CNC(=O)C1COc2ccccc2O1.Cl. The Morgan fingerprint density at radius 3 is 2.84 bits per heavy atom. The lowest BCUT2D eigenvalue weighted by Gasteiger charge is -2.25. The maximum Gasteiger partial charge on any atom is 0.264 e. The van der Waals surface area contributed by atoms with E-state index in [0.29, 0.717) is 24.6 Å². The van der Waals surface area contributed by atoms with Crippen LogP contribution >= 0.6 is 12.4 Å². The number of fused-ring (bicyclic) bond motifs is 1. The summed E-state index contributed by atoms with van der Waals surface area (Å²) in [6, 6.07) is 7.32. The van der Waals surface area contributed by atoms with Gasteiger partial charge in [-0.25, -0.2) is 0 Å². The largest absolute Gasteiger partial charge is 0.485 e. The van der Waals surface area contributed by atoms with Gasteiger partial charge in [0, 0.05) is 6.54 Å². The van der Waals surface area contributed by atoms with E-state index in [9.17, 15) is 4.79 Å². The van der Waals surface area contributed by atoms with Crippen LogP contribution in [0.25, 0.3) is 0 Å². The third-order valence-electron chi connectivity index (χ3n) is 2.83. The second-order valence-corrected chi connectivity index (χ2v) is 4.45. The number of nitrogens with one attached hydrogen (secondary N) is 1. The van der Waals surface area contributed by atoms with Crippen molar-refractivity contribution in [1.29, 1.82) is 0 Å². The van der Waals surface area contributed by atoms with Crippen LogP contribution in [0.4, 0.5) is 0 Å². The molecular formula is C13H19ClN2O3. The first kappa shape index (κ1) is 15.6. The molecule has 2 rings (SSSR count). The number of hydrogen-bond acceptors (Lipinski definition) is 4. The van der Waals surface area contributed by atoms with Gasteiger partial charge < -0.3 is 20.5 Å². The average molecular weight is 287 g/mol. The normalized spacial score (nSPS) is 18.1. The molecule has 0 radical (unpaired) electrons. The van der Waals surface area contributed by atoms with Crippen LogP contribution in [0.3, 0.4) is 0 Å². The van der Waals surface area contributed by atoms with Crippen LogP contribution in [-0.2, 0) is 4.79 Å². The van der Waals surface area contributed by atoms with E-state index in [2.05, 4.69) is 5.32 Å². The van der Waals surface area contributed by atoms with Crippen molar-refractivity contribution in [3.8, 4) is 11.5 Å². The Hall–Kier alpha value is -1.46. The zero-order chi connectivity index (χ0) is 13.0. The number of hydrogen-bond donors (Lipinski definition) is 2. The Morgan fingerprint density at radius 2 is 2.16 bits per heavy atom. The summed E-state index contributed by atoms with van der Waals surface area (Å²) in [5.41, 5.74) is 5.49. The van der Waals surface area contributed by atoms with Crippen molar-refractivity contribution >= 4 is 18.3 Å².